The molecule has 0 aliphatic heterocycles. The van der Waals surface area contributed by atoms with Gasteiger partial charge in [0.05, 0.1) is 18.2 Å². The van der Waals surface area contributed by atoms with Crippen LogP contribution in [0.4, 0.5) is 5.13 Å². The van der Waals surface area contributed by atoms with Crippen molar-refractivity contribution in [2.45, 2.75) is 26.3 Å². The van der Waals surface area contributed by atoms with E-state index >= 15 is 0 Å². The van der Waals surface area contributed by atoms with E-state index in [1.54, 1.807) is 0 Å². The lowest BCUT2D eigenvalue weighted by molar-refractivity contribution is -0.120. The van der Waals surface area contributed by atoms with E-state index in [2.05, 4.69) is 15.6 Å². The first-order valence-corrected chi connectivity index (χ1v) is 9.90. The number of rotatable bonds is 6. The van der Waals surface area contributed by atoms with Gasteiger partial charge in [-0.1, -0.05) is 35.9 Å². The van der Waals surface area contributed by atoms with Gasteiger partial charge in [0.25, 0.3) is 0 Å². The number of anilines is 1. The average Bonchev–Trinajstić information content (AvgIpc) is 3.26. The second-order valence-corrected chi connectivity index (χ2v) is 7.76. The maximum atomic E-state index is 12.4. The van der Waals surface area contributed by atoms with E-state index in [-0.39, 0.29) is 24.3 Å². The number of aryl methyl sites for hydroxylation is 1. The Labute approximate surface area is 160 Å². The molecule has 0 aliphatic rings. The lowest BCUT2D eigenvalue weighted by Crippen LogP contribution is -2.29. The summed E-state index contributed by atoms with van der Waals surface area (Å²) in [6, 6.07) is 11.6. The number of aromatic nitrogens is 1. The fraction of sp³-hybridized carbons (Fsp3) is 0.211. The predicted molar refractivity (Wildman–Crippen MR) is 106 cm³/mol. The molecule has 134 valence electrons. The van der Waals surface area contributed by atoms with Crippen LogP contribution < -0.4 is 10.6 Å². The van der Waals surface area contributed by atoms with Gasteiger partial charge < -0.3 is 10.6 Å². The van der Waals surface area contributed by atoms with E-state index in [1.165, 1.54) is 35.2 Å². The molecule has 0 bridgehead atoms. The predicted octanol–water partition coefficient (Wildman–Crippen LogP) is 4.39. The first kappa shape index (κ1) is 18.3. The molecule has 0 saturated heterocycles. The van der Waals surface area contributed by atoms with Crippen molar-refractivity contribution in [2.24, 2.45) is 0 Å². The van der Waals surface area contributed by atoms with Gasteiger partial charge >= 0.3 is 0 Å². The zero-order valence-electron chi connectivity index (χ0n) is 14.5. The quantitative estimate of drug-likeness (QED) is 0.661. The number of thiazole rings is 1. The average molecular weight is 386 g/mol. The maximum absolute atomic E-state index is 12.4. The number of benzene rings is 1. The summed E-state index contributed by atoms with van der Waals surface area (Å²) >= 11 is 2.90. The van der Waals surface area contributed by atoms with Crippen LogP contribution in [0.3, 0.4) is 0 Å². The summed E-state index contributed by atoms with van der Waals surface area (Å²) in [6.07, 6.45) is 0.166. The molecule has 1 unspecified atom stereocenters. The van der Waals surface area contributed by atoms with Crippen LogP contribution in [0.15, 0.2) is 47.2 Å². The third-order valence-corrected chi connectivity index (χ3v) is 5.50. The van der Waals surface area contributed by atoms with E-state index < -0.39 is 0 Å². The Morgan fingerprint density at radius 3 is 2.58 bits per heavy atom. The molecule has 3 rings (SSSR count). The number of nitrogens with one attached hydrogen (secondary N) is 2. The summed E-state index contributed by atoms with van der Waals surface area (Å²) in [5, 5.41) is 10.1. The van der Waals surface area contributed by atoms with Crippen molar-refractivity contribution in [1.29, 1.82) is 0 Å². The molecule has 0 radical (unpaired) electrons. The van der Waals surface area contributed by atoms with Crippen molar-refractivity contribution >= 4 is 39.6 Å². The number of nitrogens with zero attached hydrogens (tertiary/aromatic N) is 1. The van der Waals surface area contributed by atoms with Gasteiger partial charge in [0.2, 0.25) is 11.8 Å². The van der Waals surface area contributed by atoms with Gasteiger partial charge in [0.1, 0.15) is 0 Å². The van der Waals surface area contributed by atoms with E-state index in [9.17, 15) is 9.59 Å². The molecular formula is C19H19N3O2S2. The largest absolute Gasteiger partial charge is 0.348 e. The molecule has 0 spiro atoms. The second-order valence-electron chi connectivity index (χ2n) is 5.92. The summed E-state index contributed by atoms with van der Waals surface area (Å²) in [7, 11) is 0. The minimum Gasteiger partial charge on any atom is -0.348 e. The molecule has 0 saturated carbocycles. The monoisotopic (exact) mass is 385 g/mol. The van der Waals surface area contributed by atoms with Crippen molar-refractivity contribution < 1.29 is 9.59 Å². The molecule has 0 aliphatic carbocycles. The van der Waals surface area contributed by atoms with Crippen LogP contribution in [0.25, 0.3) is 11.3 Å². The summed E-state index contributed by atoms with van der Waals surface area (Å²) in [6.45, 7) is 3.49. The van der Waals surface area contributed by atoms with Crippen molar-refractivity contribution in [3.05, 3.63) is 57.6 Å². The van der Waals surface area contributed by atoms with Crippen LogP contribution in [0.5, 0.6) is 0 Å². The summed E-state index contributed by atoms with van der Waals surface area (Å²) in [4.78, 5) is 29.3. The highest BCUT2D eigenvalue weighted by atomic mass is 32.1. The molecule has 2 amide bonds. The van der Waals surface area contributed by atoms with Crippen LogP contribution in [-0.4, -0.2) is 16.8 Å². The number of carbonyl (C=O) groups excluding carboxylic acids is 2. The van der Waals surface area contributed by atoms with Gasteiger partial charge in [-0.15, -0.1) is 22.7 Å². The Morgan fingerprint density at radius 2 is 1.92 bits per heavy atom. The Balaban J connectivity index is 1.65. The number of thiophene rings is 1. The fourth-order valence-corrected chi connectivity index (χ4v) is 4.02. The molecule has 3 aromatic rings. The topological polar surface area (TPSA) is 71.1 Å². The molecule has 2 aromatic heterocycles. The fourth-order valence-electron chi connectivity index (χ4n) is 2.50. The molecule has 7 heteroatoms. The Morgan fingerprint density at radius 1 is 1.15 bits per heavy atom. The molecule has 5 nitrogen and oxygen atoms in total. The zero-order chi connectivity index (χ0) is 18.5. The second kappa shape index (κ2) is 8.25. The minimum atomic E-state index is -0.330. The SMILES string of the molecule is CC(=O)NC(CC(=O)Nc1nc(-c2ccc(C)cc2)cs1)c1cccs1. The van der Waals surface area contributed by atoms with Gasteiger partial charge in [-0.2, -0.15) is 0 Å². The van der Waals surface area contributed by atoms with Gasteiger partial charge in [0, 0.05) is 22.7 Å². The van der Waals surface area contributed by atoms with Crippen LogP contribution in [-0.2, 0) is 9.59 Å². The molecule has 1 atom stereocenters. The van der Waals surface area contributed by atoms with Gasteiger partial charge in [0.15, 0.2) is 5.13 Å². The standard InChI is InChI=1S/C19H19N3O2S2/c1-12-5-7-14(8-6-12)16-11-26-19(21-16)22-18(24)10-15(20-13(2)23)17-4-3-9-25-17/h3-9,11,15H,10H2,1-2H3,(H,20,23)(H,21,22,24). The van der Waals surface area contributed by atoms with Gasteiger partial charge in [-0.25, -0.2) is 4.98 Å². The van der Waals surface area contributed by atoms with E-state index in [1.807, 2.05) is 54.1 Å². The van der Waals surface area contributed by atoms with Crippen molar-refractivity contribution in [3.63, 3.8) is 0 Å². The van der Waals surface area contributed by atoms with Crippen molar-refractivity contribution in [2.75, 3.05) is 5.32 Å². The third kappa shape index (κ3) is 4.77. The van der Waals surface area contributed by atoms with Crippen LogP contribution in [0, 0.1) is 6.92 Å². The lowest BCUT2D eigenvalue weighted by atomic mass is 10.1. The van der Waals surface area contributed by atoms with Crippen LogP contribution in [0.1, 0.15) is 29.8 Å². The lowest BCUT2D eigenvalue weighted by Gasteiger charge is -2.15. The smallest absolute Gasteiger partial charge is 0.228 e. The summed E-state index contributed by atoms with van der Waals surface area (Å²) in [5.74, 6) is -0.339. The summed E-state index contributed by atoms with van der Waals surface area (Å²) < 4.78 is 0. The Kier molecular flexibility index (Phi) is 5.80. The molecule has 1 aromatic carbocycles. The van der Waals surface area contributed by atoms with Crippen molar-refractivity contribution in [3.8, 4) is 11.3 Å². The Hall–Kier alpha value is -2.51. The van der Waals surface area contributed by atoms with Gasteiger partial charge in [-0.05, 0) is 18.4 Å². The molecule has 2 N–H and O–H groups in total. The highest BCUT2D eigenvalue weighted by Crippen LogP contribution is 2.26. The van der Waals surface area contributed by atoms with Crippen LogP contribution >= 0.6 is 22.7 Å². The highest BCUT2D eigenvalue weighted by molar-refractivity contribution is 7.14. The first-order valence-electron chi connectivity index (χ1n) is 8.14. The third-order valence-electron chi connectivity index (χ3n) is 3.75. The van der Waals surface area contributed by atoms with Crippen molar-refractivity contribution in [1.82, 2.24) is 10.3 Å². The van der Waals surface area contributed by atoms with Gasteiger partial charge in [-0.3, -0.25) is 9.59 Å². The molecular weight excluding hydrogens is 366 g/mol. The first-order chi connectivity index (χ1) is 12.5. The number of hydrogen-bond acceptors (Lipinski definition) is 5. The summed E-state index contributed by atoms with van der Waals surface area (Å²) in [5.41, 5.74) is 3.04. The van der Waals surface area contributed by atoms with E-state index in [0.717, 1.165) is 16.1 Å². The number of carbonyl (C=O) groups is 2. The minimum absolute atomic E-state index is 0.160. The van der Waals surface area contributed by atoms with E-state index in [0.29, 0.717) is 5.13 Å². The molecule has 26 heavy (non-hydrogen) atoms. The normalized spacial score (nSPS) is 11.8. The number of amides is 2. The molecule has 2 heterocycles. The van der Waals surface area contributed by atoms with Crippen LogP contribution in [0.2, 0.25) is 0 Å². The highest BCUT2D eigenvalue weighted by Gasteiger charge is 2.19. The Bertz CT molecular complexity index is 886. The maximum Gasteiger partial charge on any atom is 0.228 e. The molecule has 0 fully saturated rings. The van der Waals surface area contributed by atoms with E-state index in [4.69, 9.17) is 0 Å². The number of hydrogen-bond donors (Lipinski definition) is 2. The zero-order valence-corrected chi connectivity index (χ0v) is 16.1.